The van der Waals surface area contributed by atoms with Crippen molar-refractivity contribution in [1.82, 2.24) is 5.32 Å². The summed E-state index contributed by atoms with van der Waals surface area (Å²) in [5, 5.41) is 4.00. The maximum Gasteiger partial charge on any atom is 0.251 e. The number of carbonyl (C=O) groups is 1. The number of carbonyl (C=O) groups excluding carboxylic acids is 1. The normalized spacial score (nSPS) is 11.4. The van der Waals surface area contributed by atoms with Gasteiger partial charge in [-0.2, -0.15) is 0 Å². The third kappa shape index (κ3) is 5.77. The molecule has 19 heavy (non-hydrogen) atoms. The third-order valence-corrected chi connectivity index (χ3v) is 3.67. The Labute approximate surface area is 125 Å². The molecule has 106 valence electrons. The molecule has 0 radical (unpaired) electrons. The van der Waals surface area contributed by atoms with Crippen LogP contribution in [0.3, 0.4) is 0 Å². The standard InChI is InChI=1S/C16H24BrNO/c1-16(2,3)14-9-7-13(8-10-14)15(19)18-12-6-4-5-11-17/h7-10H,4-6,11-12H2,1-3H3,(H,18,19). The van der Waals surface area contributed by atoms with Crippen molar-refractivity contribution in [3.63, 3.8) is 0 Å². The molecule has 0 aliphatic carbocycles. The van der Waals surface area contributed by atoms with Crippen LogP contribution in [-0.4, -0.2) is 17.8 Å². The van der Waals surface area contributed by atoms with E-state index < -0.39 is 0 Å². The van der Waals surface area contributed by atoms with Crippen molar-refractivity contribution in [1.29, 1.82) is 0 Å². The number of halogens is 1. The van der Waals surface area contributed by atoms with Crippen molar-refractivity contribution in [2.75, 3.05) is 11.9 Å². The predicted octanol–water partition coefficient (Wildman–Crippen LogP) is 4.28. The molecule has 0 saturated heterocycles. The predicted molar refractivity (Wildman–Crippen MR) is 85.1 cm³/mol. The molecule has 0 aliphatic heterocycles. The Bertz CT molecular complexity index is 392. The van der Waals surface area contributed by atoms with Crippen LogP contribution in [0.1, 0.15) is 56.0 Å². The number of rotatable bonds is 6. The van der Waals surface area contributed by atoms with E-state index in [1.165, 1.54) is 5.56 Å². The molecule has 0 heterocycles. The highest BCUT2D eigenvalue weighted by molar-refractivity contribution is 9.09. The maximum atomic E-state index is 11.9. The van der Waals surface area contributed by atoms with Gasteiger partial charge in [0, 0.05) is 17.4 Å². The molecule has 1 aromatic carbocycles. The first-order valence-electron chi connectivity index (χ1n) is 6.90. The molecular weight excluding hydrogens is 302 g/mol. The van der Waals surface area contributed by atoms with E-state index in [-0.39, 0.29) is 11.3 Å². The zero-order valence-corrected chi connectivity index (χ0v) is 13.7. The molecule has 2 nitrogen and oxygen atoms in total. The second-order valence-corrected chi connectivity index (χ2v) is 6.63. The lowest BCUT2D eigenvalue weighted by molar-refractivity contribution is 0.0953. The summed E-state index contributed by atoms with van der Waals surface area (Å²) < 4.78 is 0. The molecule has 1 aromatic rings. The van der Waals surface area contributed by atoms with Crippen LogP contribution in [0, 0.1) is 0 Å². The number of hydrogen-bond acceptors (Lipinski definition) is 1. The van der Waals surface area contributed by atoms with Crippen molar-refractivity contribution >= 4 is 21.8 Å². The fourth-order valence-corrected chi connectivity index (χ4v) is 2.22. The Morgan fingerprint density at radius 3 is 2.26 bits per heavy atom. The van der Waals surface area contributed by atoms with Gasteiger partial charge in [0.25, 0.3) is 5.91 Å². The molecule has 0 unspecified atom stereocenters. The van der Waals surface area contributed by atoms with Crippen molar-refractivity contribution in [3.05, 3.63) is 35.4 Å². The van der Waals surface area contributed by atoms with E-state index in [0.29, 0.717) is 0 Å². The van der Waals surface area contributed by atoms with Gasteiger partial charge in [-0.3, -0.25) is 4.79 Å². The van der Waals surface area contributed by atoms with Crippen molar-refractivity contribution in [3.8, 4) is 0 Å². The summed E-state index contributed by atoms with van der Waals surface area (Å²) in [7, 11) is 0. The van der Waals surface area contributed by atoms with E-state index in [2.05, 4.69) is 42.0 Å². The third-order valence-electron chi connectivity index (χ3n) is 3.11. The van der Waals surface area contributed by atoms with Gasteiger partial charge in [0.05, 0.1) is 0 Å². The Morgan fingerprint density at radius 2 is 1.74 bits per heavy atom. The van der Waals surface area contributed by atoms with Crippen LogP contribution in [0.25, 0.3) is 0 Å². The van der Waals surface area contributed by atoms with E-state index in [4.69, 9.17) is 0 Å². The summed E-state index contributed by atoms with van der Waals surface area (Å²) in [4.78, 5) is 11.9. The van der Waals surface area contributed by atoms with E-state index in [0.717, 1.165) is 36.7 Å². The lowest BCUT2D eigenvalue weighted by Crippen LogP contribution is -2.24. The van der Waals surface area contributed by atoms with Gasteiger partial charge in [-0.25, -0.2) is 0 Å². The molecule has 3 heteroatoms. The molecule has 0 aromatic heterocycles. The van der Waals surface area contributed by atoms with E-state index in [1.807, 2.05) is 24.3 Å². The number of alkyl halides is 1. The Hall–Kier alpha value is -0.830. The van der Waals surface area contributed by atoms with Crippen LogP contribution in [0.4, 0.5) is 0 Å². The Morgan fingerprint density at radius 1 is 1.11 bits per heavy atom. The molecule has 1 N–H and O–H groups in total. The summed E-state index contributed by atoms with van der Waals surface area (Å²) in [6.07, 6.45) is 3.35. The van der Waals surface area contributed by atoms with E-state index in [9.17, 15) is 4.79 Å². The highest BCUT2D eigenvalue weighted by atomic mass is 79.9. The molecule has 0 spiro atoms. The van der Waals surface area contributed by atoms with Gasteiger partial charge in [-0.15, -0.1) is 0 Å². The number of amides is 1. The molecule has 0 aliphatic rings. The maximum absolute atomic E-state index is 11.9. The van der Waals surface area contributed by atoms with Crippen LogP contribution in [0.15, 0.2) is 24.3 Å². The monoisotopic (exact) mass is 325 g/mol. The zero-order chi connectivity index (χ0) is 14.3. The lowest BCUT2D eigenvalue weighted by atomic mass is 9.87. The molecule has 0 atom stereocenters. The minimum Gasteiger partial charge on any atom is -0.352 e. The minimum atomic E-state index is 0.0271. The zero-order valence-electron chi connectivity index (χ0n) is 12.1. The largest absolute Gasteiger partial charge is 0.352 e. The van der Waals surface area contributed by atoms with E-state index >= 15 is 0 Å². The summed E-state index contributed by atoms with van der Waals surface area (Å²) in [6, 6.07) is 7.91. The van der Waals surface area contributed by atoms with Crippen LogP contribution in [-0.2, 0) is 5.41 Å². The average Bonchev–Trinajstić information content (AvgIpc) is 2.37. The number of unbranched alkanes of at least 4 members (excludes halogenated alkanes) is 2. The van der Waals surface area contributed by atoms with Gasteiger partial charge in [0.2, 0.25) is 0 Å². The van der Waals surface area contributed by atoms with Gasteiger partial charge in [0.1, 0.15) is 0 Å². The summed E-state index contributed by atoms with van der Waals surface area (Å²) >= 11 is 3.40. The van der Waals surface area contributed by atoms with Gasteiger partial charge >= 0.3 is 0 Å². The first-order valence-corrected chi connectivity index (χ1v) is 8.02. The quantitative estimate of drug-likeness (QED) is 0.613. The van der Waals surface area contributed by atoms with Crippen molar-refractivity contribution in [2.24, 2.45) is 0 Å². The Kier molecular flexibility index (Phi) is 6.56. The first-order chi connectivity index (χ1) is 8.95. The van der Waals surface area contributed by atoms with Gasteiger partial charge in [-0.05, 0) is 36.0 Å². The second kappa shape index (κ2) is 7.68. The highest BCUT2D eigenvalue weighted by Gasteiger charge is 2.14. The summed E-state index contributed by atoms with van der Waals surface area (Å²) in [5.74, 6) is 0.0271. The molecule has 0 bridgehead atoms. The van der Waals surface area contributed by atoms with Crippen molar-refractivity contribution in [2.45, 2.75) is 45.4 Å². The van der Waals surface area contributed by atoms with Crippen molar-refractivity contribution < 1.29 is 4.79 Å². The second-order valence-electron chi connectivity index (χ2n) is 5.83. The number of hydrogen-bond donors (Lipinski definition) is 1. The van der Waals surface area contributed by atoms with Crippen LogP contribution >= 0.6 is 15.9 Å². The fraction of sp³-hybridized carbons (Fsp3) is 0.562. The fourth-order valence-electron chi connectivity index (χ4n) is 1.82. The molecule has 0 fully saturated rings. The highest BCUT2D eigenvalue weighted by Crippen LogP contribution is 2.22. The van der Waals surface area contributed by atoms with Crippen LogP contribution in [0.5, 0.6) is 0 Å². The van der Waals surface area contributed by atoms with E-state index in [1.54, 1.807) is 0 Å². The summed E-state index contributed by atoms with van der Waals surface area (Å²) in [6.45, 7) is 7.27. The molecule has 1 rings (SSSR count). The molecular formula is C16H24BrNO. The molecule has 0 saturated carbocycles. The van der Waals surface area contributed by atoms with Gasteiger partial charge in [-0.1, -0.05) is 55.3 Å². The van der Waals surface area contributed by atoms with Crippen LogP contribution < -0.4 is 5.32 Å². The summed E-state index contributed by atoms with van der Waals surface area (Å²) in [5.41, 5.74) is 2.12. The molecule has 1 amide bonds. The van der Waals surface area contributed by atoms with Gasteiger partial charge in [0.15, 0.2) is 0 Å². The minimum absolute atomic E-state index is 0.0271. The Balaban J connectivity index is 2.45. The smallest absolute Gasteiger partial charge is 0.251 e. The van der Waals surface area contributed by atoms with Crippen LogP contribution in [0.2, 0.25) is 0 Å². The van der Waals surface area contributed by atoms with Gasteiger partial charge < -0.3 is 5.32 Å². The lowest BCUT2D eigenvalue weighted by Gasteiger charge is -2.19. The topological polar surface area (TPSA) is 29.1 Å². The SMILES string of the molecule is CC(C)(C)c1ccc(C(=O)NCCCCCBr)cc1. The number of benzene rings is 1. The first kappa shape index (κ1) is 16.2. The average molecular weight is 326 g/mol. The number of nitrogens with one attached hydrogen (secondary N) is 1.